The third-order valence-corrected chi connectivity index (χ3v) is 9.64. The number of fused-ring (bicyclic) bond motifs is 2. The molecule has 0 aromatic heterocycles. The molecule has 15 heteroatoms. The molecular formula is C44H52F2MgN4O8. The molecule has 2 atom stereocenters. The van der Waals surface area contributed by atoms with Gasteiger partial charge in [-0.25, -0.2) is 8.78 Å². The molecule has 0 radical (unpaired) electrons. The second-order valence-electron chi connectivity index (χ2n) is 13.8. The van der Waals surface area contributed by atoms with Crippen molar-refractivity contribution in [2.45, 2.75) is 51.7 Å². The number of halogens is 2. The van der Waals surface area contributed by atoms with Crippen molar-refractivity contribution in [3.63, 3.8) is 0 Å². The van der Waals surface area contributed by atoms with E-state index in [9.17, 15) is 28.6 Å². The third kappa shape index (κ3) is 14.7. The quantitative estimate of drug-likeness (QED) is 0.0979. The van der Waals surface area contributed by atoms with Crippen molar-refractivity contribution in [3.05, 3.63) is 108 Å². The molecule has 0 aliphatic carbocycles. The van der Waals surface area contributed by atoms with E-state index in [1.807, 2.05) is 48.5 Å². The molecule has 4 aromatic rings. The molecule has 0 unspecified atom stereocenters. The van der Waals surface area contributed by atoms with Crippen LogP contribution >= 0.6 is 0 Å². The van der Waals surface area contributed by atoms with Crippen LogP contribution in [0.5, 0.6) is 11.5 Å². The van der Waals surface area contributed by atoms with E-state index in [2.05, 4.69) is 20.4 Å². The van der Waals surface area contributed by atoms with Gasteiger partial charge in [-0.05, 0) is 86.3 Å². The Balaban J connectivity index is 0.000000256. The fourth-order valence-corrected chi connectivity index (χ4v) is 6.74. The smallest absolute Gasteiger partial charge is 0.547 e. The van der Waals surface area contributed by atoms with Crippen molar-refractivity contribution in [2.24, 2.45) is 0 Å². The van der Waals surface area contributed by atoms with Crippen molar-refractivity contribution in [3.8, 4) is 11.5 Å². The van der Waals surface area contributed by atoms with Crippen LogP contribution in [0, 0.1) is 11.6 Å². The Bertz CT molecular complexity index is 1770. The number of aliphatic carboxylic acids is 2. The van der Waals surface area contributed by atoms with Gasteiger partial charge in [-0.15, -0.1) is 0 Å². The molecule has 12 nitrogen and oxygen atoms in total. The fraction of sp³-hybridized carbons (Fsp3) is 0.409. The number of rotatable bonds is 20. The molecule has 0 amide bonds. The Morgan fingerprint density at radius 2 is 1.05 bits per heavy atom. The average molecular weight is 827 g/mol. The first-order chi connectivity index (χ1) is 28.1. The van der Waals surface area contributed by atoms with Crippen molar-refractivity contribution >= 4 is 57.7 Å². The Labute approximate surface area is 360 Å². The Morgan fingerprint density at radius 1 is 0.661 bits per heavy atom. The van der Waals surface area contributed by atoms with Gasteiger partial charge in [-0.1, -0.05) is 24.3 Å². The summed E-state index contributed by atoms with van der Waals surface area (Å²) in [5.41, 5.74) is 5.57. The minimum absolute atomic E-state index is 0. The number of benzene rings is 4. The van der Waals surface area contributed by atoms with Gasteiger partial charge < -0.3 is 59.2 Å². The van der Waals surface area contributed by atoms with Crippen LogP contribution in [0.15, 0.2) is 84.9 Å². The van der Waals surface area contributed by atoms with E-state index in [0.717, 1.165) is 86.0 Å². The first-order valence-corrected chi connectivity index (χ1v) is 19.8. The number of carbonyl (C=O) groups excluding carboxylic acids is 2. The molecule has 0 saturated carbocycles. The second kappa shape index (κ2) is 24.3. The van der Waals surface area contributed by atoms with Gasteiger partial charge in [0.15, 0.2) is 0 Å². The largest absolute Gasteiger partial charge is 2.00 e. The summed E-state index contributed by atoms with van der Waals surface area (Å²) in [4.78, 5) is 26.6. The summed E-state index contributed by atoms with van der Waals surface area (Å²) in [6.07, 6.45) is 0.541. The standard InChI is InChI=1S/2C22H27FN2O4.Mg/c2*1-2-28-21(22(26)27)14-16-4-7-18(8-5-16)24-10-3-11-25-12-13-29-20-15-17(23)6-9-19(20)25;/h2*4-9,15,21,24H,2-3,10-14H2,1H3,(H,26,27);/q;;+2/p-2/t2*21-;/m00./s1. The minimum atomic E-state index is -1.19. The van der Waals surface area contributed by atoms with Crippen molar-refractivity contribution in [2.75, 3.05) is 86.1 Å². The van der Waals surface area contributed by atoms with Gasteiger partial charge in [0.05, 0.1) is 36.4 Å². The number of carboxylic acids is 2. The van der Waals surface area contributed by atoms with Gasteiger partial charge in [0.25, 0.3) is 0 Å². The zero-order valence-corrected chi connectivity index (χ0v) is 35.2. The Kier molecular flexibility index (Phi) is 19.3. The van der Waals surface area contributed by atoms with Crippen LogP contribution in [0.3, 0.4) is 0 Å². The summed E-state index contributed by atoms with van der Waals surface area (Å²) in [5.74, 6) is -1.77. The van der Waals surface area contributed by atoms with Gasteiger partial charge in [0.2, 0.25) is 0 Å². The van der Waals surface area contributed by atoms with E-state index in [1.54, 1.807) is 26.0 Å². The molecule has 6 rings (SSSR count). The number of hydrogen-bond acceptors (Lipinski definition) is 12. The monoisotopic (exact) mass is 826 g/mol. The zero-order valence-electron chi connectivity index (χ0n) is 33.8. The first-order valence-electron chi connectivity index (χ1n) is 19.8. The van der Waals surface area contributed by atoms with Gasteiger partial charge in [0, 0.05) is 75.7 Å². The topological polar surface area (TPSA) is 148 Å². The van der Waals surface area contributed by atoms with E-state index < -0.39 is 24.1 Å². The van der Waals surface area contributed by atoms with Gasteiger partial charge >= 0.3 is 23.1 Å². The number of ether oxygens (including phenoxy) is 4. The van der Waals surface area contributed by atoms with Crippen LogP contribution in [0.4, 0.5) is 31.5 Å². The number of nitrogens with zero attached hydrogens (tertiary/aromatic N) is 2. The maximum absolute atomic E-state index is 13.3. The molecule has 0 spiro atoms. The van der Waals surface area contributed by atoms with E-state index >= 15 is 0 Å². The second-order valence-corrected chi connectivity index (χ2v) is 13.8. The van der Waals surface area contributed by atoms with Crippen molar-refractivity contribution < 1.29 is 47.5 Å². The minimum Gasteiger partial charge on any atom is -0.547 e. The molecule has 312 valence electrons. The van der Waals surface area contributed by atoms with E-state index in [-0.39, 0.29) is 47.5 Å². The molecule has 59 heavy (non-hydrogen) atoms. The number of anilines is 4. The summed E-state index contributed by atoms with van der Waals surface area (Å²) < 4.78 is 48.1. The predicted molar refractivity (Wildman–Crippen MR) is 221 cm³/mol. The maximum Gasteiger partial charge on any atom is 2.00 e. The van der Waals surface area contributed by atoms with Crippen LogP contribution in [-0.4, -0.2) is 113 Å². The number of carboxylic acid groups (broad SMARTS) is 2. The van der Waals surface area contributed by atoms with Crippen LogP contribution < -0.4 is 40.1 Å². The fourth-order valence-electron chi connectivity index (χ4n) is 6.74. The molecular weight excluding hydrogens is 775 g/mol. The molecule has 2 heterocycles. The Hall–Kier alpha value is -4.83. The molecule has 0 bridgehead atoms. The van der Waals surface area contributed by atoms with Crippen LogP contribution in [0.1, 0.15) is 37.8 Å². The number of nitrogens with one attached hydrogen (secondary N) is 2. The predicted octanol–water partition coefficient (Wildman–Crippen LogP) is 4.07. The molecule has 0 fully saturated rings. The first kappa shape index (κ1) is 46.9. The Morgan fingerprint density at radius 3 is 1.41 bits per heavy atom. The molecule has 0 saturated heterocycles. The maximum atomic E-state index is 13.3. The summed E-state index contributed by atoms with van der Waals surface area (Å²) in [6.45, 7) is 10.1. The average Bonchev–Trinajstić information content (AvgIpc) is 3.21. The van der Waals surface area contributed by atoms with Crippen molar-refractivity contribution in [1.29, 1.82) is 0 Å². The third-order valence-electron chi connectivity index (χ3n) is 9.64. The zero-order chi connectivity index (χ0) is 41.3. The molecule has 2 aliphatic rings. The normalized spacial score (nSPS) is 13.8. The summed E-state index contributed by atoms with van der Waals surface area (Å²) in [7, 11) is 0. The number of hydrogen-bond donors (Lipinski definition) is 2. The van der Waals surface area contributed by atoms with Crippen molar-refractivity contribution in [1.82, 2.24) is 0 Å². The molecule has 2 aliphatic heterocycles. The van der Waals surface area contributed by atoms with Gasteiger partial charge in [-0.3, -0.25) is 0 Å². The summed E-state index contributed by atoms with van der Waals surface area (Å²) in [6, 6.07) is 24.6. The van der Waals surface area contributed by atoms with E-state index in [1.165, 1.54) is 24.3 Å². The molecule has 2 N–H and O–H groups in total. The summed E-state index contributed by atoms with van der Waals surface area (Å²) >= 11 is 0. The summed E-state index contributed by atoms with van der Waals surface area (Å²) in [5, 5.41) is 28.9. The SMILES string of the molecule is CCO[C@@H](Cc1ccc(NCCCN2CCOc3cc(F)ccc32)cc1)C(=O)[O-].CCO[C@@H](Cc1ccc(NCCCN2CCOc3cc(F)ccc32)cc1)C(=O)[O-].[Mg+2]. The van der Waals surface area contributed by atoms with E-state index in [4.69, 9.17) is 18.9 Å². The van der Waals surface area contributed by atoms with Crippen LogP contribution in [0.25, 0.3) is 0 Å². The van der Waals surface area contributed by atoms with E-state index in [0.29, 0.717) is 37.9 Å². The van der Waals surface area contributed by atoms with Gasteiger partial charge in [0.1, 0.15) is 48.6 Å². The van der Waals surface area contributed by atoms with Crippen LogP contribution in [-0.2, 0) is 31.9 Å². The molecule has 4 aromatic carbocycles. The number of carbonyl (C=O) groups is 2. The van der Waals surface area contributed by atoms with Crippen LogP contribution in [0.2, 0.25) is 0 Å². The van der Waals surface area contributed by atoms with Gasteiger partial charge in [-0.2, -0.15) is 0 Å².